The molecule has 2 rings (SSSR count). The molecule has 1 aromatic rings. The van der Waals surface area contributed by atoms with Crippen LogP contribution in [0.4, 0.5) is 0 Å². The summed E-state index contributed by atoms with van der Waals surface area (Å²) in [6.45, 7) is 0.554. The molecule has 0 spiro atoms. The van der Waals surface area contributed by atoms with Crippen LogP contribution in [0.3, 0.4) is 0 Å². The van der Waals surface area contributed by atoms with E-state index in [1.807, 2.05) is 13.2 Å². The van der Waals surface area contributed by atoms with Crippen molar-refractivity contribution in [1.29, 1.82) is 0 Å². The molecule has 96 valence electrons. The van der Waals surface area contributed by atoms with Gasteiger partial charge in [0.15, 0.2) is 0 Å². The van der Waals surface area contributed by atoms with E-state index >= 15 is 0 Å². The third-order valence-electron chi connectivity index (χ3n) is 3.07. The highest BCUT2D eigenvalue weighted by atomic mass is 35.5. The Morgan fingerprint density at radius 1 is 1.65 bits per heavy atom. The van der Waals surface area contributed by atoms with Gasteiger partial charge in [0.25, 0.3) is 0 Å². The van der Waals surface area contributed by atoms with Crippen molar-refractivity contribution >= 4 is 18.3 Å². The second-order valence-electron chi connectivity index (χ2n) is 4.51. The third kappa shape index (κ3) is 3.71. The number of carbonyl (C=O) groups is 1. The monoisotopic (exact) mass is 258 g/mol. The number of nitrogens with one attached hydrogen (secondary N) is 1. The summed E-state index contributed by atoms with van der Waals surface area (Å²) in [6, 6.07) is 0.203. The SMILES string of the molecule is Cl.Cn1cc(CNC(=O)C2CCC(N)C2)cn1. The highest BCUT2D eigenvalue weighted by molar-refractivity contribution is 5.85. The minimum absolute atomic E-state index is 0. The van der Waals surface area contributed by atoms with E-state index in [0.29, 0.717) is 6.54 Å². The third-order valence-corrected chi connectivity index (χ3v) is 3.07. The lowest BCUT2D eigenvalue weighted by atomic mass is 10.1. The Kier molecular flexibility index (Phi) is 4.96. The van der Waals surface area contributed by atoms with Crippen LogP contribution >= 0.6 is 12.4 Å². The lowest BCUT2D eigenvalue weighted by Crippen LogP contribution is -2.29. The van der Waals surface area contributed by atoms with Crippen LogP contribution < -0.4 is 11.1 Å². The van der Waals surface area contributed by atoms with Gasteiger partial charge in [0.1, 0.15) is 0 Å². The molecule has 1 amide bonds. The maximum absolute atomic E-state index is 11.8. The molecule has 1 aliphatic rings. The second-order valence-corrected chi connectivity index (χ2v) is 4.51. The Bertz CT molecular complexity index is 379. The fraction of sp³-hybridized carbons (Fsp3) is 0.636. The van der Waals surface area contributed by atoms with Gasteiger partial charge in [-0.2, -0.15) is 5.10 Å². The van der Waals surface area contributed by atoms with Crippen LogP contribution in [0.5, 0.6) is 0 Å². The van der Waals surface area contributed by atoms with E-state index in [-0.39, 0.29) is 30.3 Å². The van der Waals surface area contributed by atoms with E-state index < -0.39 is 0 Å². The first-order valence-electron chi connectivity index (χ1n) is 5.66. The molecule has 1 aromatic heterocycles. The number of aromatic nitrogens is 2. The van der Waals surface area contributed by atoms with Crippen LogP contribution in [-0.2, 0) is 18.4 Å². The predicted octanol–water partition coefficient (Wildman–Crippen LogP) is 0.585. The molecule has 0 bridgehead atoms. The maximum Gasteiger partial charge on any atom is 0.223 e. The summed E-state index contributed by atoms with van der Waals surface area (Å²) >= 11 is 0. The Morgan fingerprint density at radius 3 is 2.94 bits per heavy atom. The number of aryl methyl sites for hydroxylation is 1. The molecule has 1 heterocycles. The Labute approximate surface area is 107 Å². The fourth-order valence-electron chi connectivity index (χ4n) is 2.15. The number of nitrogens with two attached hydrogens (primary N) is 1. The van der Waals surface area contributed by atoms with E-state index in [9.17, 15) is 4.79 Å². The average molecular weight is 259 g/mol. The van der Waals surface area contributed by atoms with Crippen molar-refractivity contribution < 1.29 is 4.79 Å². The van der Waals surface area contributed by atoms with Crippen molar-refractivity contribution in [3.05, 3.63) is 18.0 Å². The van der Waals surface area contributed by atoms with Gasteiger partial charge in [-0.3, -0.25) is 9.48 Å². The lowest BCUT2D eigenvalue weighted by Gasteiger charge is -2.09. The van der Waals surface area contributed by atoms with E-state index in [1.165, 1.54) is 0 Å². The Hall–Kier alpha value is -1.07. The molecule has 6 heteroatoms. The molecule has 17 heavy (non-hydrogen) atoms. The second kappa shape index (κ2) is 6.02. The predicted molar refractivity (Wildman–Crippen MR) is 67.6 cm³/mol. The van der Waals surface area contributed by atoms with Gasteiger partial charge in [0, 0.05) is 37.3 Å². The van der Waals surface area contributed by atoms with Gasteiger partial charge in [-0.25, -0.2) is 0 Å². The van der Waals surface area contributed by atoms with Gasteiger partial charge in [0.05, 0.1) is 6.20 Å². The zero-order chi connectivity index (χ0) is 11.5. The minimum atomic E-state index is 0. The van der Waals surface area contributed by atoms with E-state index in [4.69, 9.17) is 5.73 Å². The molecule has 0 aromatic carbocycles. The van der Waals surface area contributed by atoms with Crippen molar-refractivity contribution in [3.8, 4) is 0 Å². The number of halogens is 1. The maximum atomic E-state index is 11.8. The first-order valence-corrected chi connectivity index (χ1v) is 5.66. The Morgan fingerprint density at radius 2 is 2.41 bits per heavy atom. The van der Waals surface area contributed by atoms with E-state index in [0.717, 1.165) is 24.8 Å². The number of amides is 1. The molecule has 5 nitrogen and oxygen atoms in total. The summed E-state index contributed by atoms with van der Waals surface area (Å²) in [7, 11) is 1.86. The summed E-state index contributed by atoms with van der Waals surface area (Å²) in [6.07, 6.45) is 6.37. The quantitative estimate of drug-likeness (QED) is 0.833. The van der Waals surface area contributed by atoms with Crippen molar-refractivity contribution in [3.63, 3.8) is 0 Å². The van der Waals surface area contributed by atoms with Gasteiger partial charge in [0.2, 0.25) is 5.91 Å². The average Bonchev–Trinajstić information content (AvgIpc) is 2.84. The lowest BCUT2D eigenvalue weighted by molar-refractivity contribution is -0.125. The van der Waals surface area contributed by atoms with Crippen molar-refractivity contribution in [1.82, 2.24) is 15.1 Å². The zero-order valence-electron chi connectivity index (χ0n) is 9.93. The smallest absolute Gasteiger partial charge is 0.223 e. The summed E-state index contributed by atoms with van der Waals surface area (Å²) < 4.78 is 1.73. The molecule has 3 N–H and O–H groups in total. The summed E-state index contributed by atoms with van der Waals surface area (Å²) in [5.74, 6) is 0.225. The summed E-state index contributed by atoms with van der Waals surface area (Å²) in [5.41, 5.74) is 6.81. The van der Waals surface area contributed by atoms with Crippen LogP contribution in [0, 0.1) is 5.92 Å². The standard InChI is InChI=1S/C11H18N4O.ClH/c1-15-7-8(6-14-15)5-13-11(16)9-2-3-10(12)4-9;/h6-7,9-10H,2-5,12H2,1H3,(H,13,16);1H. The van der Waals surface area contributed by atoms with Crippen molar-refractivity contribution in [2.24, 2.45) is 18.7 Å². The molecular formula is C11H19ClN4O. The number of hydrogen-bond acceptors (Lipinski definition) is 3. The number of carbonyl (C=O) groups excluding carboxylic acids is 1. The van der Waals surface area contributed by atoms with Gasteiger partial charge in [-0.1, -0.05) is 0 Å². The molecular weight excluding hydrogens is 240 g/mol. The van der Waals surface area contributed by atoms with Crippen molar-refractivity contribution in [2.45, 2.75) is 31.8 Å². The number of hydrogen-bond donors (Lipinski definition) is 2. The summed E-state index contributed by atoms with van der Waals surface area (Å²) in [5, 5.41) is 6.98. The first kappa shape index (κ1) is 14.0. The van der Waals surface area contributed by atoms with Crippen LogP contribution in [0.1, 0.15) is 24.8 Å². The Balaban J connectivity index is 0.00000144. The molecule has 1 aliphatic carbocycles. The highest BCUT2D eigenvalue weighted by Gasteiger charge is 2.27. The van der Waals surface area contributed by atoms with Gasteiger partial charge in [-0.05, 0) is 19.3 Å². The van der Waals surface area contributed by atoms with Crippen LogP contribution in [0.2, 0.25) is 0 Å². The molecule has 1 fully saturated rings. The molecule has 2 atom stereocenters. The highest BCUT2D eigenvalue weighted by Crippen LogP contribution is 2.24. The molecule has 1 saturated carbocycles. The van der Waals surface area contributed by atoms with E-state index in [1.54, 1.807) is 10.9 Å². The number of rotatable bonds is 3. The largest absolute Gasteiger partial charge is 0.352 e. The topological polar surface area (TPSA) is 72.9 Å². The normalized spacial score (nSPS) is 23.2. The molecule has 0 aliphatic heterocycles. The van der Waals surface area contributed by atoms with Crippen LogP contribution in [-0.4, -0.2) is 21.7 Å². The van der Waals surface area contributed by atoms with Gasteiger partial charge < -0.3 is 11.1 Å². The molecule has 0 saturated heterocycles. The van der Waals surface area contributed by atoms with Crippen LogP contribution in [0.15, 0.2) is 12.4 Å². The van der Waals surface area contributed by atoms with Crippen molar-refractivity contribution in [2.75, 3.05) is 0 Å². The zero-order valence-corrected chi connectivity index (χ0v) is 10.7. The molecule has 2 unspecified atom stereocenters. The molecule has 0 radical (unpaired) electrons. The first-order chi connectivity index (χ1) is 7.65. The van der Waals surface area contributed by atoms with E-state index in [2.05, 4.69) is 10.4 Å². The number of nitrogens with zero attached hydrogens (tertiary/aromatic N) is 2. The van der Waals surface area contributed by atoms with Gasteiger partial charge in [-0.15, -0.1) is 12.4 Å². The minimum Gasteiger partial charge on any atom is -0.352 e. The fourth-order valence-corrected chi connectivity index (χ4v) is 2.15. The van der Waals surface area contributed by atoms with Crippen LogP contribution in [0.25, 0.3) is 0 Å². The summed E-state index contributed by atoms with van der Waals surface area (Å²) in [4.78, 5) is 11.8. The van der Waals surface area contributed by atoms with Gasteiger partial charge >= 0.3 is 0 Å².